The summed E-state index contributed by atoms with van der Waals surface area (Å²) in [5, 5.41) is 1.02. The number of para-hydroxylation sites is 1. The molecule has 2 atom stereocenters. The third-order valence-electron chi connectivity index (χ3n) is 5.07. The molecule has 2 aromatic rings. The standard InChI is InChI=1S/C18H21N3O2S/c1-12(22)20-10-5-8-15(20)18(23)21-11-4-7-14(21)17-19-13-6-2-3-9-16(13)24-17/h2-3,6,9,14-15H,4-5,7-8,10-11H2,1H3. The quantitative estimate of drug-likeness (QED) is 0.842. The maximum absolute atomic E-state index is 13.1. The molecule has 126 valence electrons. The molecule has 24 heavy (non-hydrogen) atoms. The Morgan fingerprint density at radius 3 is 2.67 bits per heavy atom. The number of nitrogens with zero attached hydrogens (tertiary/aromatic N) is 3. The van der Waals surface area contributed by atoms with Gasteiger partial charge in [0.05, 0.1) is 16.3 Å². The smallest absolute Gasteiger partial charge is 0.245 e. The normalized spacial score (nSPS) is 24.0. The van der Waals surface area contributed by atoms with Crippen molar-refractivity contribution in [2.75, 3.05) is 13.1 Å². The highest BCUT2D eigenvalue weighted by atomic mass is 32.1. The molecule has 2 unspecified atom stereocenters. The average molecular weight is 343 g/mol. The van der Waals surface area contributed by atoms with E-state index in [-0.39, 0.29) is 23.9 Å². The van der Waals surface area contributed by atoms with E-state index in [2.05, 4.69) is 6.07 Å². The van der Waals surface area contributed by atoms with Crippen LogP contribution in [0.5, 0.6) is 0 Å². The number of amides is 2. The van der Waals surface area contributed by atoms with Crippen LogP contribution in [-0.4, -0.2) is 45.7 Å². The molecule has 2 fully saturated rings. The van der Waals surface area contributed by atoms with Gasteiger partial charge in [-0.2, -0.15) is 0 Å². The molecule has 0 spiro atoms. The molecular formula is C18H21N3O2S. The van der Waals surface area contributed by atoms with Gasteiger partial charge in [0.1, 0.15) is 11.0 Å². The van der Waals surface area contributed by atoms with E-state index >= 15 is 0 Å². The van der Waals surface area contributed by atoms with Crippen molar-refractivity contribution in [2.24, 2.45) is 0 Å². The lowest BCUT2D eigenvalue weighted by molar-refractivity contribution is -0.143. The second kappa shape index (κ2) is 6.16. The molecule has 0 bridgehead atoms. The molecule has 0 saturated carbocycles. The van der Waals surface area contributed by atoms with Gasteiger partial charge in [0, 0.05) is 20.0 Å². The molecular weight excluding hydrogens is 322 g/mol. The van der Waals surface area contributed by atoms with Gasteiger partial charge in [-0.3, -0.25) is 9.59 Å². The summed E-state index contributed by atoms with van der Waals surface area (Å²) in [4.78, 5) is 33.3. The van der Waals surface area contributed by atoms with Crippen molar-refractivity contribution in [1.29, 1.82) is 0 Å². The lowest BCUT2D eigenvalue weighted by Gasteiger charge is -2.30. The van der Waals surface area contributed by atoms with Crippen molar-refractivity contribution < 1.29 is 9.59 Å². The minimum atomic E-state index is -0.280. The number of benzene rings is 1. The topological polar surface area (TPSA) is 53.5 Å². The molecule has 2 aliphatic heterocycles. The number of likely N-dealkylation sites (tertiary alicyclic amines) is 2. The summed E-state index contributed by atoms with van der Waals surface area (Å²) in [5.74, 6) is 0.103. The first-order chi connectivity index (χ1) is 11.6. The lowest BCUT2D eigenvalue weighted by Crippen LogP contribution is -2.46. The first-order valence-electron chi connectivity index (χ1n) is 8.58. The largest absolute Gasteiger partial charge is 0.331 e. The summed E-state index contributed by atoms with van der Waals surface area (Å²) in [7, 11) is 0. The Balaban J connectivity index is 1.60. The van der Waals surface area contributed by atoms with Crippen molar-refractivity contribution >= 4 is 33.4 Å². The van der Waals surface area contributed by atoms with Gasteiger partial charge in [-0.25, -0.2) is 4.98 Å². The molecule has 5 nitrogen and oxygen atoms in total. The number of carbonyl (C=O) groups excluding carboxylic acids is 2. The monoisotopic (exact) mass is 343 g/mol. The van der Waals surface area contributed by atoms with Gasteiger partial charge < -0.3 is 9.80 Å². The third kappa shape index (κ3) is 2.59. The van der Waals surface area contributed by atoms with Crippen LogP contribution in [0.3, 0.4) is 0 Å². The lowest BCUT2D eigenvalue weighted by atomic mass is 10.1. The van der Waals surface area contributed by atoms with E-state index in [9.17, 15) is 9.59 Å². The Morgan fingerprint density at radius 1 is 1.12 bits per heavy atom. The zero-order valence-corrected chi connectivity index (χ0v) is 14.6. The molecule has 2 saturated heterocycles. The van der Waals surface area contributed by atoms with Gasteiger partial charge in [-0.15, -0.1) is 11.3 Å². The van der Waals surface area contributed by atoms with Crippen molar-refractivity contribution in [3.8, 4) is 0 Å². The number of fused-ring (bicyclic) bond motifs is 1. The number of aromatic nitrogens is 1. The predicted molar refractivity (Wildman–Crippen MR) is 93.7 cm³/mol. The number of carbonyl (C=O) groups is 2. The van der Waals surface area contributed by atoms with Crippen LogP contribution < -0.4 is 0 Å². The minimum absolute atomic E-state index is 0.00147. The van der Waals surface area contributed by atoms with Crippen LogP contribution in [0.15, 0.2) is 24.3 Å². The van der Waals surface area contributed by atoms with Gasteiger partial charge in [0.15, 0.2) is 0 Å². The highest BCUT2D eigenvalue weighted by molar-refractivity contribution is 7.18. The molecule has 4 rings (SSSR count). The Labute approximate surface area is 145 Å². The average Bonchev–Trinajstić information content (AvgIpc) is 3.30. The number of hydrogen-bond acceptors (Lipinski definition) is 4. The molecule has 2 aliphatic rings. The Kier molecular flexibility index (Phi) is 4.00. The van der Waals surface area contributed by atoms with Crippen molar-refractivity contribution in [3.63, 3.8) is 0 Å². The zero-order valence-electron chi connectivity index (χ0n) is 13.8. The molecule has 1 aromatic heterocycles. The highest BCUT2D eigenvalue weighted by Gasteiger charge is 2.40. The van der Waals surface area contributed by atoms with E-state index in [0.717, 1.165) is 47.5 Å². The summed E-state index contributed by atoms with van der Waals surface area (Å²) in [6, 6.07) is 7.89. The maximum atomic E-state index is 13.1. The van der Waals surface area contributed by atoms with Crippen LogP contribution in [0.2, 0.25) is 0 Å². The van der Waals surface area contributed by atoms with Crippen LogP contribution in [-0.2, 0) is 9.59 Å². The van der Waals surface area contributed by atoms with E-state index in [1.54, 1.807) is 23.2 Å². The summed E-state index contributed by atoms with van der Waals surface area (Å²) >= 11 is 1.68. The van der Waals surface area contributed by atoms with E-state index in [1.807, 2.05) is 23.1 Å². The van der Waals surface area contributed by atoms with Crippen molar-refractivity contribution in [3.05, 3.63) is 29.3 Å². The van der Waals surface area contributed by atoms with Crippen LogP contribution in [0.25, 0.3) is 10.2 Å². The van der Waals surface area contributed by atoms with Crippen molar-refractivity contribution in [1.82, 2.24) is 14.8 Å². The summed E-state index contributed by atoms with van der Waals surface area (Å²) in [6.45, 7) is 3.02. The number of hydrogen-bond donors (Lipinski definition) is 0. The third-order valence-corrected chi connectivity index (χ3v) is 6.21. The Morgan fingerprint density at radius 2 is 1.88 bits per heavy atom. The fourth-order valence-corrected chi connectivity index (χ4v) is 5.03. The second-order valence-electron chi connectivity index (χ2n) is 6.58. The van der Waals surface area contributed by atoms with Crippen LogP contribution in [0.1, 0.15) is 43.7 Å². The molecule has 0 aliphatic carbocycles. The molecule has 6 heteroatoms. The van der Waals surface area contributed by atoms with Gasteiger partial charge in [-0.1, -0.05) is 12.1 Å². The van der Waals surface area contributed by atoms with E-state index in [0.29, 0.717) is 6.54 Å². The molecule has 3 heterocycles. The minimum Gasteiger partial charge on any atom is -0.331 e. The number of rotatable bonds is 2. The van der Waals surface area contributed by atoms with Crippen LogP contribution in [0.4, 0.5) is 0 Å². The van der Waals surface area contributed by atoms with Crippen LogP contribution >= 0.6 is 11.3 Å². The van der Waals surface area contributed by atoms with E-state index in [1.165, 1.54) is 0 Å². The molecule has 0 radical (unpaired) electrons. The summed E-state index contributed by atoms with van der Waals surface area (Å²) in [6.07, 6.45) is 3.65. The van der Waals surface area contributed by atoms with E-state index in [4.69, 9.17) is 4.98 Å². The van der Waals surface area contributed by atoms with Gasteiger partial charge in [-0.05, 0) is 37.8 Å². The second-order valence-corrected chi connectivity index (χ2v) is 7.64. The van der Waals surface area contributed by atoms with E-state index < -0.39 is 0 Å². The predicted octanol–water partition coefficient (Wildman–Crippen LogP) is 2.97. The zero-order chi connectivity index (χ0) is 16.7. The first kappa shape index (κ1) is 15.6. The van der Waals surface area contributed by atoms with Crippen molar-refractivity contribution in [2.45, 2.75) is 44.7 Å². The fourth-order valence-electron chi connectivity index (χ4n) is 3.91. The molecule has 1 aromatic carbocycles. The number of thiazole rings is 1. The molecule has 2 amide bonds. The highest BCUT2D eigenvalue weighted by Crippen LogP contribution is 2.37. The maximum Gasteiger partial charge on any atom is 0.245 e. The fraction of sp³-hybridized carbons (Fsp3) is 0.500. The molecule has 0 N–H and O–H groups in total. The summed E-state index contributed by atoms with van der Waals surface area (Å²) < 4.78 is 1.16. The summed E-state index contributed by atoms with van der Waals surface area (Å²) in [5.41, 5.74) is 1.00. The van der Waals surface area contributed by atoms with Gasteiger partial charge >= 0.3 is 0 Å². The first-order valence-corrected chi connectivity index (χ1v) is 9.40. The van der Waals surface area contributed by atoms with Gasteiger partial charge in [0.25, 0.3) is 0 Å². The van der Waals surface area contributed by atoms with Crippen LogP contribution in [0, 0.1) is 0 Å². The Hall–Kier alpha value is -1.95. The Bertz CT molecular complexity index is 754. The SMILES string of the molecule is CC(=O)N1CCCC1C(=O)N1CCCC1c1nc2ccccc2s1. The van der Waals surface area contributed by atoms with Gasteiger partial charge in [0.2, 0.25) is 11.8 Å².